The summed E-state index contributed by atoms with van der Waals surface area (Å²) in [6.45, 7) is 2.93. The van der Waals surface area contributed by atoms with Gasteiger partial charge in [-0.3, -0.25) is 0 Å². The van der Waals surface area contributed by atoms with E-state index in [-0.39, 0.29) is 10.6 Å². The van der Waals surface area contributed by atoms with Crippen molar-refractivity contribution in [3.63, 3.8) is 0 Å². The van der Waals surface area contributed by atoms with E-state index in [1.807, 2.05) is 10.8 Å². The first-order valence-corrected chi connectivity index (χ1v) is 11.0. The Morgan fingerprint density at radius 1 is 1.16 bits per heavy atom. The summed E-state index contributed by atoms with van der Waals surface area (Å²) in [6.07, 6.45) is -1.80. The lowest BCUT2D eigenvalue weighted by molar-refractivity contribution is -0.137. The van der Waals surface area contributed by atoms with Gasteiger partial charge in [0.25, 0.3) is 0 Å². The van der Waals surface area contributed by atoms with E-state index in [1.165, 1.54) is 37.4 Å². The van der Waals surface area contributed by atoms with Crippen molar-refractivity contribution >= 4 is 10.0 Å². The predicted molar refractivity (Wildman–Crippen MR) is 108 cm³/mol. The number of halogens is 3. The van der Waals surface area contributed by atoms with E-state index in [4.69, 9.17) is 4.74 Å². The second-order valence-electron chi connectivity index (χ2n) is 7.49. The van der Waals surface area contributed by atoms with Crippen molar-refractivity contribution in [2.75, 3.05) is 7.05 Å². The van der Waals surface area contributed by atoms with Gasteiger partial charge in [0.15, 0.2) is 0 Å². The van der Waals surface area contributed by atoms with E-state index in [1.54, 1.807) is 0 Å². The highest BCUT2D eigenvalue weighted by Gasteiger charge is 2.30. The first-order valence-electron chi connectivity index (χ1n) is 9.56. The average molecular weight is 451 g/mol. The van der Waals surface area contributed by atoms with E-state index in [0.717, 1.165) is 30.9 Å². The number of alkyl halides is 3. The van der Waals surface area contributed by atoms with Gasteiger partial charge in [-0.05, 0) is 55.4 Å². The fraction of sp³-hybridized carbons (Fsp3) is 0.286. The van der Waals surface area contributed by atoms with Crippen LogP contribution in [0.2, 0.25) is 0 Å². The van der Waals surface area contributed by atoms with E-state index in [2.05, 4.69) is 16.6 Å². The largest absolute Gasteiger partial charge is 0.457 e. The summed E-state index contributed by atoms with van der Waals surface area (Å²) >= 11 is 0. The molecule has 0 aliphatic carbocycles. The molecule has 0 amide bonds. The van der Waals surface area contributed by atoms with Crippen LogP contribution in [-0.4, -0.2) is 25.0 Å². The van der Waals surface area contributed by atoms with Crippen molar-refractivity contribution < 1.29 is 26.3 Å². The van der Waals surface area contributed by atoms with Gasteiger partial charge in [0.2, 0.25) is 10.0 Å². The minimum Gasteiger partial charge on any atom is -0.457 e. The quantitative estimate of drug-likeness (QED) is 0.622. The van der Waals surface area contributed by atoms with Crippen LogP contribution in [0.3, 0.4) is 0 Å². The lowest BCUT2D eigenvalue weighted by atomic mass is 10.1. The Kier molecular flexibility index (Phi) is 5.30. The first-order chi connectivity index (χ1) is 14.6. The van der Waals surface area contributed by atoms with Gasteiger partial charge in [-0.25, -0.2) is 18.1 Å². The first kappa shape index (κ1) is 21.4. The summed E-state index contributed by atoms with van der Waals surface area (Å²) in [7, 11) is -2.40. The molecule has 1 N–H and O–H groups in total. The molecule has 0 spiro atoms. The second kappa shape index (κ2) is 7.69. The molecule has 4 rings (SSSR count). The van der Waals surface area contributed by atoms with Gasteiger partial charge in [-0.2, -0.15) is 13.2 Å². The summed E-state index contributed by atoms with van der Waals surface area (Å²) in [5, 5.41) is 0. The Morgan fingerprint density at radius 2 is 1.87 bits per heavy atom. The lowest BCUT2D eigenvalue weighted by Gasteiger charge is -2.13. The molecule has 0 saturated carbocycles. The number of aromatic nitrogens is 2. The molecule has 1 atom stereocenters. The van der Waals surface area contributed by atoms with Crippen molar-refractivity contribution in [3.05, 3.63) is 60.0 Å². The predicted octanol–water partition coefficient (Wildman–Crippen LogP) is 4.46. The van der Waals surface area contributed by atoms with Crippen molar-refractivity contribution in [2.45, 2.75) is 31.0 Å². The summed E-state index contributed by atoms with van der Waals surface area (Å²) < 4.78 is 73.1. The molecule has 0 radical (unpaired) electrons. The van der Waals surface area contributed by atoms with Crippen LogP contribution in [0, 0.1) is 5.92 Å². The third-order valence-corrected chi connectivity index (χ3v) is 6.53. The van der Waals surface area contributed by atoms with E-state index in [9.17, 15) is 21.6 Å². The molecule has 0 fully saturated rings. The summed E-state index contributed by atoms with van der Waals surface area (Å²) in [5.41, 5.74) is 0.193. The molecule has 31 heavy (non-hydrogen) atoms. The molecule has 1 aliphatic rings. The highest BCUT2D eigenvalue weighted by molar-refractivity contribution is 7.89. The third kappa shape index (κ3) is 4.31. The summed E-state index contributed by atoms with van der Waals surface area (Å²) in [4.78, 5) is 4.66. The number of rotatable bonds is 5. The van der Waals surface area contributed by atoms with Gasteiger partial charge in [0, 0.05) is 24.7 Å². The number of imidazole rings is 1. The Morgan fingerprint density at radius 3 is 2.48 bits per heavy atom. The normalized spacial score (nSPS) is 16.4. The average Bonchev–Trinajstić information content (AvgIpc) is 3.25. The molecule has 1 aromatic heterocycles. The zero-order valence-corrected chi connectivity index (χ0v) is 17.6. The van der Waals surface area contributed by atoms with Gasteiger partial charge >= 0.3 is 6.18 Å². The van der Waals surface area contributed by atoms with Crippen LogP contribution in [0.1, 0.15) is 18.3 Å². The SMILES string of the molecule is CNS(=O)(=O)c1ccc(Oc2ccc(C(F)(F)F)cc2)c(-c2cn3c(n2)C[C@@H](C)C3)c1. The van der Waals surface area contributed by atoms with Crippen LogP contribution in [0.4, 0.5) is 13.2 Å². The minimum atomic E-state index is -4.44. The highest BCUT2D eigenvalue weighted by atomic mass is 32.2. The molecule has 3 aromatic rings. The van der Waals surface area contributed by atoms with Gasteiger partial charge in [-0.15, -0.1) is 0 Å². The number of fused-ring (bicyclic) bond motifs is 1. The van der Waals surface area contributed by atoms with Gasteiger partial charge in [0.1, 0.15) is 17.3 Å². The molecule has 0 unspecified atom stereocenters. The van der Waals surface area contributed by atoms with Crippen LogP contribution in [0.25, 0.3) is 11.3 Å². The molecule has 1 aliphatic heterocycles. The maximum atomic E-state index is 12.8. The number of benzene rings is 2. The fourth-order valence-electron chi connectivity index (χ4n) is 3.54. The topological polar surface area (TPSA) is 73.2 Å². The fourth-order valence-corrected chi connectivity index (χ4v) is 4.30. The van der Waals surface area contributed by atoms with E-state index >= 15 is 0 Å². The van der Waals surface area contributed by atoms with Gasteiger partial charge < -0.3 is 9.30 Å². The Bertz CT molecular complexity index is 1200. The molecule has 0 bridgehead atoms. The number of nitrogens with one attached hydrogen (secondary N) is 1. The Balaban J connectivity index is 1.74. The maximum Gasteiger partial charge on any atom is 0.416 e. The van der Waals surface area contributed by atoms with Crippen LogP contribution in [-0.2, 0) is 29.2 Å². The van der Waals surface area contributed by atoms with E-state index in [0.29, 0.717) is 22.9 Å². The standard InChI is InChI=1S/C21H20F3N3O3S/c1-13-9-20-26-18(12-27(20)11-13)17-10-16(31(28,29)25-2)7-8-19(17)30-15-5-3-14(4-6-15)21(22,23)24/h3-8,10,12-13,25H,9,11H2,1-2H3/t13-/m1/s1. The van der Waals surface area contributed by atoms with Crippen molar-refractivity contribution in [2.24, 2.45) is 5.92 Å². The third-order valence-electron chi connectivity index (χ3n) is 5.11. The van der Waals surface area contributed by atoms with Gasteiger partial charge in [0.05, 0.1) is 16.2 Å². The van der Waals surface area contributed by atoms with Crippen molar-refractivity contribution in [3.8, 4) is 22.8 Å². The van der Waals surface area contributed by atoms with Crippen molar-refractivity contribution in [1.82, 2.24) is 14.3 Å². The number of ether oxygens (including phenoxy) is 1. The second-order valence-corrected chi connectivity index (χ2v) is 9.38. The number of sulfonamides is 1. The van der Waals surface area contributed by atoms with Crippen LogP contribution < -0.4 is 9.46 Å². The van der Waals surface area contributed by atoms with Crippen LogP contribution >= 0.6 is 0 Å². The number of hydrogen-bond acceptors (Lipinski definition) is 4. The van der Waals surface area contributed by atoms with Crippen LogP contribution in [0.5, 0.6) is 11.5 Å². The summed E-state index contributed by atoms with van der Waals surface area (Å²) in [5.74, 6) is 1.85. The molecule has 2 aromatic carbocycles. The van der Waals surface area contributed by atoms with E-state index < -0.39 is 21.8 Å². The molecule has 10 heteroatoms. The smallest absolute Gasteiger partial charge is 0.416 e. The number of nitrogens with zero attached hydrogens (tertiary/aromatic N) is 2. The molecule has 164 valence electrons. The Hall–Kier alpha value is -2.85. The van der Waals surface area contributed by atoms with Crippen molar-refractivity contribution in [1.29, 1.82) is 0 Å². The molecule has 2 heterocycles. The molecular weight excluding hydrogens is 431 g/mol. The Labute approximate surface area is 177 Å². The summed E-state index contributed by atoms with van der Waals surface area (Å²) in [6, 6.07) is 8.61. The monoisotopic (exact) mass is 451 g/mol. The molecule has 6 nitrogen and oxygen atoms in total. The number of hydrogen-bond donors (Lipinski definition) is 1. The van der Waals surface area contributed by atoms with Gasteiger partial charge in [-0.1, -0.05) is 6.92 Å². The zero-order valence-electron chi connectivity index (χ0n) is 16.8. The van der Waals surface area contributed by atoms with Crippen LogP contribution in [0.15, 0.2) is 53.6 Å². The maximum absolute atomic E-state index is 12.8. The molecule has 0 saturated heterocycles. The molecular formula is C21H20F3N3O3S. The lowest BCUT2D eigenvalue weighted by Crippen LogP contribution is -2.18. The zero-order chi connectivity index (χ0) is 22.4. The highest BCUT2D eigenvalue weighted by Crippen LogP contribution is 2.37. The minimum absolute atomic E-state index is 0.0336.